The van der Waals surface area contributed by atoms with Crippen LogP contribution in [0.2, 0.25) is 0 Å². The van der Waals surface area contributed by atoms with E-state index in [2.05, 4.69) is 98.8 Å². The smallest absolute Gasteiger partial charge is 0.0172 e. The zero-order valence-corrected chi connectivity index (χ0v) is 13.3. The average Bonchev–Trinajstić information content (AvgIpc) is 2.63. The van der Waals surface area contributed by atoms with Gasteiger partial charge in [0.2, 0.25) is 0 Å². The maximum absolute atomic E-state index is 2.33. The van der Waals surface area contributed by atoms with E-state index in [1.54, 1.807) is 0 Å². The van der Waals surface area contributed by atoms with Gasteiger partial charge >= 0.3 is 0 Å². The summed E-state index contributed by atoms with van der Waals surface area (Å²) >= 11 is 0. The Bertz CT molecular complexity index is 711. The van der Waals surface area contributed by atoms with Crippen molar-refractivity contribution in [1.82, 2.24) is 0 Å². The van der Waals surface area contributed by atoms with Crippen LogP contribution in [0.3, 0.4) is 0 Å². The molecule has 0 heterocycles. The Kier molecular flexibility index (Phi) is 4.11. The first kappa shape index (κ1) is 14.6. The summed E-state index contributed by atoms with van der Waals surface area (Å²) in [7, 11) is 0. The highest BCUT2D eigenvalue weighted by molar-refractivity contribution is 5.64. The molecule has 3 rings (SSSR count). The van der Waals surface area contributed by atoms with Gasteiger partial charge in [0.15, 0.2) is 0 Å². The summed E-state index contributed by atoms with van der Waals surface area (Å²) in [5.74, 6) is 0. The fourth-order valence-corrected chi connectivity index (χ4v) is 3.04. The molecular weight excluding hydrogens is 264 g/mol. The van der Waals surface area contributed by atoms with Gasteiger partial charge in [0, 0.05) is 5.41 Å². The van der Waals surface area contributed by atoms with E-state index in [1.165, 1.54) is 22.3 Å². The van der Waals surface area contributed by atoms with Gasteiger partial charge in [0.25, 0.3) is 0 Å². The van der Waals surface area contributed by atoms with Crippen LogP contribution < -0.4 is 0 Å². The summed E-state index contributed by atoms with van der Waals surface area (Å²) in [5, 5.41) is 0. The van der Waals surface area contributed by atoms with E-state index >= 15 is 0 Å². The molecule has 0 saturated heterocycles. The van der Waals surface area contributed by atoms with Crippen LogP contribution in [0.4, 0.5) is 0 Å². The monoisotopic (exact) mass is 286 g/mol. The third-order valence-electron chi connectivity index (χ3n) is 4.75. The molecule has 0 radical (unpaired) electrons. The van der Waals surface area contributed by atoms with Crippen molar-refractivity contribution in [3.05, 3.63) is 96.1 Å². The van der Waals surface area contributed by atoms with Crippen LogP contribution in [0.15, 0.2) is 84.9 Å². The highest BCUT2D eigenvalue weighted by Crippen LogP contribution is 2.35. The third kappa shape index (κ3) is 2.69. The molecule has 0 aliphatic carbocycles. The first-order chi connectivity index (χ1) is 10.7. The van der Waals surface area contributed by atoms with E-state index < -0.39 is 0 Å². The Morgan fingerprint density at radius 3 is 1.59 bits per heavy atom. The standard InChI is InChI=1S/C22H22/c1-3-22(2,20-12-8-5-9-13-20)21-16-14-19(15-17-21)18-10-6-4-7-11-18/h4-17H,3H2,1-2H3. The van der Waals surface area contributed by atoms with E-state index in [4.69, 9.17) is 0 Å². The van der Waals surface area contributed by atoms with Crippen LogP contribution in [0, 0.1) is 0 Å². The predicted octanol–water partition coefficient (Wildman–Crippen LogP) is 6.07. The first-order valence-electron chi connectivity index (χ1n) is 7.95. The highest BCUT2D eigenvalue weighted by Gasteiger charge is 2.26. The minimum absolute atomic E-state index is 0.0660. The van der Waals surface area contributed by atoms with E-state index in [0.29, 0.717) is 0 Å². The molecule has 0 heteroatoms. The minimum atomic E-state index is 0.0660. The minimum Gasteiger partial charge on any atom is -0.0642 e. The molecule has 0 spiro atoms. The molecule has 0 N–H and O–H groups in total. The second-order valence-electron chi connectivity index (χ2n) is 6.00. The second-order valence-corrected chi connectivity index (χ2v) is 6.00. The SMILES string of the molecule is CCC(C)(c1ccccc1)c1ccc(-c2ccccc2)cc1. The van der Waals surface area contributed by atoms with E-state index in [9.17, 15) is 0 Å². The molecule has 1 atom stereocenters. The average molecular weight is 286 g/mol. The van der Waals surface area contributed by atoms with Crippen molar-refractivity contribution in [3.8, 4) is 11.1 Å². The number of rotatable bonds is 4. The van der Waals surface area contributed by atoms with Gasteiger partial charge in [-0.1, -0.05) is 98.8 Å². The summed E-state index contributed by atoms with van der Waals surface area (Å²) < 4.78 is 0. The van der Waals surface area contributed by atoms with Gasteiger partial charge < -0.3 is 0 Å². The van der Waals surface area contributed by atoms with Crippen LogP contribution in [-0.2, 0) is 5.41 Å². The largest absolute Gasteiger partial charge is 0.0642 e. The van der Waals surface area contributed by atoms with Gasteiger partial charge in [-0.2, -0.15) is 0 Å². The Morgan fingerprint density at radius 2 is 1.05 bits per heavy atom. The Morgan fingerprint density at radius 1 is 0.591 bits per heavy atom. The molecule has 0 bridgehead atoms. The van der Waals surface area contributed by atoms with Gasteiger partial charge in [-0.15, -0.1) is 0 Å². The lowest BCUT2D eigenvalue weighted by atomic mass is 9.74. The molecule has 110 valence electrons. The van der Waals surface area contributed by atoms with Crippen molar-refractivity contribution in [2.45, 2.75) is 25.7 Å². The lowest BCUT2D eigenvalue weighted by Crippen LogP contribution is -2.22. The molecule has 0 aromatic heterocycles. The molecule has 0 aliphatic rings. The zero-order valence-electron chi connectivity index (χ0n) is 13.3. The number of hydrogen-bond donors (Lipinski definition) is 0. The normalized spacial score (nSPS) is 13.5. The molecule has 0 aliphatic heterocycles. The summed E-state index contributed by atoms with van der Waals surface area (Å²) in [5.41, 5.74) is 5.37. The Hall–Kier alpha value is -2.34. The Labute approximate surface area is 133 Å². The molecule has 3 aromatic rings. The van der Waals surface area contributed by atoms with Crippen molar-refractivity contribution < 1.29 is 0 Å². The summed E-state index contributed by atoms with van der Waals surface area (Å²) in [6, 6.07) is 30.4. The molecule has 1 unspecified atom stereocenters. The van der Waals surface area contributed by atoms with Gasteiger partial charge in [-0.05, 0) is 28.7 Å². The fraction of sp³-hybridized carbons (Fsp3) is 0.182. The predicted molar refractivity (Wildman–Crippen MR) is 95.1 cm³/mol. The van der Waals surface area contributed by atoms with Gasteiger partial charge in [0.05, 0.1) is 0 Å². The third-order valence-corrected chi connectivity index (χ3v) is 4.75. The van der Waals surface area contributed by atoms with Crippen LogP contribution in [0.25, 0.3) is 11.1 Å². The molecule has 0 saturated carbocycles. The maximum Gasteiger partial charge on any atom is 0.0172 e. The van der Waals surface area contributed by atoms with Gasteiger partial charge in [0.1, 0.15) is 0 Å². The first-order valence-corrected chi connectivity index (χ1v) is 7.95. The van der Waals surface area contributed by atoms with E-state index in [1.807, 2.05) is 0 Å². The van der Waals surface area contributed by atoms with Crippen LogP contribution in [0.5, 0.6) is 0 Å². The van der Waals surface area contributed by atoms with E-state index in [0.717, 1.165) is 6.42 Å². The number of benzene rings is 3. The van der Waals surface area contributed by atoms with Crippen LogP contribution in [0.1, 0.15) is 31.4 Å². The van der Waals surface area contributed by atoms with Crippen molar-refractivity contribution in [3.63, 3.8) is 0 Å². The summed E-state index contributed by atoms with van der Waals surface area (Å²) in [6.07, 6.45) is 1.09. The highest BCUT2D eigenvalue weighted by atomic mass is 14.3. The van der Waals surface area contributed by atoms with E-state index in [-0.39, 0.29) is 5.41 Å². The van der Waals surface area contributed by atoms with Gasteiger partial charge in [-0.3, -0.25) is 0 Å². The molecule has 0 fully saturated rings. The fourth-order valence-electron chi connectivity index (χ4n) is 3.04. The van der Waals surface area contributed by atoms with Crippen molar-refractivity contribution in [2.75, 3.05) is 0 Å². The lowest BCUT2D eigenvalue weighted by Gasteiger charge is -2.30. The second kappa shape index (κ2) is 6.19. The molecule has 3 aromatic carbocycles. The van der Waals surface area contributed by atoms with Crippen LogP contribution >= 0.6 is 0 Å². The Balaban J connectivity index is 1.98. The van der Waals surface area contributed by atoms with Gasteiger partial charge in [-0.25, -0.2) is 0 Å². The van der Waals surface area contributed by atoms with Crippen LogP contribution in [-0.4, -0.2) is 0 Å². The zero-order chi connectivity index (χ0) is 15.4. The molecule has 0 nitrogen and oxygen atoms in total. The maximum atomic E-state index is 2.33. The topological polar surface area (TPSA) is 0 Å². The summed E-state index contributed by atoms with van der Waals surface area (Å²) in [4.78, 5) is 0. The lowest BCUT2D eigenvalue weighted by molar-refractivity contribution is 0.550. The number of hydrogen-bond acceptors (Lipinski definition) is 0. The quantitative estimate of drug-likeness (QED) is 0.546. The molecule has 22 heavy (non-hydrogen) atoms. The van der Waals surface area contributed by atoms with Crippen molar-refractivity contribution >= 4 is 0 Å². The summed E-state index contributed by atoms with van der Waals surface area (Å²) in [6.45, 7) is 4.60. The van der Waals surface area contributed by atoms with Crippen molar-refractivity contribution in [1.29, 1.82) is 0 Å². The molecule has 0 amide bonds. The molecular formula is C22H22. The van der Waals surface area contributed by atoms with Crippen molar-refractivity contribution in [2.24, 2.45) is 0 Å².